The Kier molecular flexibility index (Phi) is 4.52. The van der Waals surface area contributed by atoms with Gasteiger partial charge in [-0.05, 0) is 42.8 Å². The summed E-state index contributed by atoms with van der Waals surface area (Å²) in [6.07, 6.45) is 2.67. The van der Waals surface area contributed by atoms with E-state index in [1.54, 1.807) is 18.3 Å². The van der Waals surface area contributed by atoms with E-state index in [4.69, 9.17) is 4.74 Å². The zero-order valence-electron chi connectivity index (χ0n) is 13.0. The molecule has 1 heterocycles. The first kappa shape index (κ1) is 15.0. The van der Waals surface area contributed by atoms with E-state index in [2.05, 4.69) is 17.2 Å². The van der Waals surface area contributed by atoms with Crippen LogP contribution in [0.3, 0.4) is 0 Å². The third kappa shape index (κ3) is 3.48. The van der Waals surface area contributed by atoms with Crippen molar-refractivity contribution in [1.29, 1.82) is 0 Å². The van der Waals surface area contributed by atoms with Gasteiger partial charge in [0.15, 0.2) is 0 Å². The smallest absolute Gasteiger partial charge is 0.255 e. The minimum Gasteiger partial charge on any atom is -0.494 e. The maximum atomic E-state index is 12.4. The number of fused-ring (bicyclic) bond motifs is 1. The molecule has 3 aromatic rings. The molecule has 0 spiro atoms. The van der Waals surface area contributed by atoms with Crippen molar-refractivity contribution in [3.8, 4) is 5.75 Å². The lowest BCUT2D eigenvalue weighted by molar-refractivity contribution is 0.102. The summed E-state index contributed by atoms with van der Waals surface area (Å²) in [4.78, 5) is 16.7. The van der Waals surface area contributed by atoms with Crippen LogP contribution in [-0.2, 0) is 0 Å². The number of amides is 1. The Morgan fingerprint density at radius 1 is 1.09 bits per heavy atom. The number of aromatic nitrogens is 1. The van der Waals surface area contributed by atoms with Crippen molar-refractivity contribution in [2.75, 3.05) is 11.9 Å². The Labute approximate surface area is 135 Å². The van der Waals surface area contributed by atoms with Crippen LogP contribution in [0, 0.1) is 0 Å². The number of para-hydroxylation sites is 1. The Hall–Kier alpha value is -2.88. The lowest BCUT2D eigenvalue weighted by Gasteiger charge is -2.09. The second kappa shape index (κ2) is 6.92. The summed E-state index contributed by atoms with van der Waals surface area (Å²) in [5, 5.41) is 3.92. The summed E-state index contributed by atoms with van der Waals surface area (Å²) in [5.41, 5.74) is 2.08. The highest BCUT2D eigenvalue weighted by Gasteiger charge is 2.09. The van der Waals surface area contributed by atoms with Crippen molar-refractivity contribution in [1.82, 2.24) is 4.98 Å². The predicted molar refractivity (Wildman–Crippen MR) is 91.9 cm³/mol. The van der Waals surface area contributed by atoms with E-state index in [-0.39, 0.29) is 5.91 Å². The fourth-order valence-corrected chi connectivity index (χ4v) is 2.32. The molecular formula is C19H18N2O2. The van der Waals surface area contributed by atoms with Gasteiger partial charge >= 0.3 is 0 Å². The molecule has 116 valence electrons. The van der Waals surface area contributed by atoms with Crippen LogP contribution >= 0.6 is 0 Å². The van der Waals surface area contributed by atoms with Gasteiger partial charge in [-0.2, -0.15) is 0 Å². The number of ether oxygens (including phenoxy) is 1. The number of carbonyl (C=O) groups excluding carboxylic acids is 1. The zero-order valence-corrected chi connectivity index (χ0v) is 13.0. The summed E-state index contributed by atoms with van der Waals surface area (Å²) < 4.78 is 5.52. The van der Waals surface area contributed by atoms with Gasteiger partial charge in [0, 0.05) is 17.1 Å². The van der Waals surface area contributed by atoms with Gasteiger partial charge in [0.25, 0.3) is 5.91 Å². The lowest BCUT2D eigenvalue weighted by atomic mass is 10.1. The molecule has 0 fully saturated rings. The highest BCUT2D eigenvalue weighted by Crippen LogP contribution is 2.21. The Bertz CT molecular complexity index is 808. The van der Waals surface area contributed by atoms with E-state index < -0.39 is 0 Å². The van der Waals surface area contributed by atoms with Crippen molar-refractivity contribution < 1.29 is 9.53 Å². The first-order valence-corrected chi connectivity index (χ1v) is 7.66. The van der Waals surface area contributed by atoms with Gasteiger partial charge in [0.2, 0.25) is 0 Å². The molecule has 0 aliphatic carbocycles. The van der Waals surface area contributed by atoms with Gasteiger partial charge in [0.1, 0.15) is 5.75 Å². The second-order valence-corrected chi connectivity index (χ2v) is 5.21. The van der Waals surface area contributed by atoms with Crippen molar-refractivity contribution in [3.63, 3.8) is 0 Å². The maximum absolute atomic E-state index is 12.4. The SMILES string of the molecule is CCCOc1ccc(C(=O)Nc2cccc3cccnc23)cc1. The first-order chi connectivity index (χ1) is 11.3. The number of hydrogen-bond acceptors (Lipinski definition) is 3. The van der Waals surface area contributed by atoms with Crippen molar-refractivity contribution in [3.05, 3.63) is 66.4 Å². The summed E-state index contributed by atoms with van der Waals surface area (Å²) in [5.74, 6) is 0.612. The summed E-state index contributed by atoms with van der Waals surface area (Å²) in [6, 6.07) is 16.7. The molecule has 4 nitrogen and oxygen atoms in total. The van der Waals surface area contributed by atoms with Crippen molar-refractivity contribution in [2.24, 2.45) is 0 Å². The summed E-state index contributed by atoms with van der Waals surface area (Å²) in [7, 11) is 0. The first-order valence-electron chi connectivity index (χ1n) is 7.66. The number of nitrogens with zero attached hydrogens (tertiary/aromatic N) is 1. The highest BCUT2D eigenvalue weighted by molar-refractivity contribution is 6.08. The molecule has 1 amide bonds. The van der Waals surface area contributed by atoms with Gasteiger partial charge < -0.3 is 10.1 Å². The molecule has 23 heavy (non-hydrogen) atoms. The van der Waals surface area contributed by atoms with Crippen molar-refractivity contribution in [2.45, 2.75) is 13.3 Å². The number of benzene rings is 2. The van der Waals surface area contributed by atoms with Crippen LogP contribution in [-0.4, -0.2) is 17.5 Å². The number of carbonyl (C=O) groups is 1. The molecule has 0 aliphatic heterocycles. The standard InChI is InChI=1S/C19H18N2O2/c1-2-13-23-16-10-8-15(9-11-16)19(22)21-17-7-3-5-14-6-4-12-20-18(14)17/h3-12H,2,13H2,1H3,(H,21,22). The average Bonchev–Trinajstić information content (AvgIpc) is 2.60. The molecule has 0 radical (unpaired) electrons. The molecule has 1 N–H and O–H groups in total. The third-order valence-electron chi connectivity index (χ3n) is 3.47. The third-order valence-corrected chi connectivity index (χ3v) is 3.47. The number of anilines is 1. The van der Waals surface area contributed by atoms with Crippen LogP contribution in [0.25, 0.3) is 10.9 Å². The molecule has 2 aromatic carbocycles. The van der Waals surface area contributed by atoms with Crippen LogP contribution < -0.4 is 10.1 Å². The van der Waals surface area contributed by atoms with Crippen LogP contribution in [0.5, 0.6) is 5.75 Å². The fraction of sp³-hybridized carbons (Fsp3) is 0.158. The molecule has 1 aromatic heterocycles. The Morgan fingerprint density at radius 3 is 2.65 bits per heavy atom. The zero-order chi connectivity index (χ0) is 16.1. The van der Waals surface area contributed by atoms with E-state index in [1.807, 2.05) is 42.5 Å². The minimum absolute atomic E-state index is 0.162. The van der Waals surface area contributed by atoms with Gasteiger partial charge in [-0.25, -0.2) is 0 Å². The largest absolute Gasteiger partial charge is 0.494 e. The average molecular weight is 306 g/mol. The second-order valence-electron chi connectivity index (χ2n) is 5.21. The molecule has 3 rings (SSSR count). The van der Waals surface area contributed by atoms with Crippen LogP contribution in [0.1, 0.15) is 23.7 Å². The molecular weight excluding hydrogens is 288 g/mol. The van der Waals surface area contributed by atoms with E-state index in [9.17, 15) is 4.79 Å². The van der Waals surface area contributed by atoms with E-state index in [1.165, 1.54) is 0 Å². The van der Waals surface area contributed by atoms with E-state index >= 15 is 0 Å². The topological polar surface area (TPSA) is 51.2 Å². The normalized spacial score (nSPS) is 10.5. The van der Waals surface area contributed by atoms with Crippen LogP contribution in [0.15, 0.2) is 60.8 Å². The summed E-state index contributed by atoms with van der Waals surface area (Å²) >= 11 is 0. The number of nitrogens with one attached hydrogen (secondary N) is 1. The molecule has 0 saturated heterocycles. The monoisotopic (exact) mass is 306 g/mol. The predicted octanol–water partition coefficient (Wildman–Crippen LogP) is 4.28. The number of rotatable bonds is 5. The fourth-order valence-electron chi connectivity index (χ4n) is 2.32. The molecule has 0 saturated carbocycles. The molecule has 0 aliphatic rings. The number of hydrogen-bond donors (Lipinski definition) is 1. The Morgan fingerprint density at radius 2 is 1.87 bits per heavy atom. The van der Waals surface area contributed by atoms with Gasteiger partial charge in [-0.1, -0.05) is 25.1 Å². The molecule has 4 heteroatoms. The van der Waals surface area contributed by atoms with E-state index in [0.29, 0.717) is 17.9 Å². The Balaban J connectivity index is 1.78. The van der Waals surface area contributed by atoms with Crippen LogP contribution in [0.2, 0.25) is 0 Å². The maximum Gasteiger partial charge on any atom is 0.255 e. The minimum atomic E-state index is -0.162. The summed E-state index contributed by atoms with van der Waals surface area (Å²) in [6.45, 7) is 2.73. The van der Waals surface area contributed by atoms with Gasteiger partial charge in [0.05, 0.1) is 17.8 Å². The van der Waals surface area contributed by atoms with E-state index in [0.717, 1.165) is 23.1 Å². The molecule has 0 bridgehead atoms. The molecule has 0 atom stereocenters. The molecule has 0 unspecified atom stereocenters. The van der Waals surface area contributed by atoms with Crippen molar-refractivity contribution >= 4 is 22.5 Å². The van der Waals surface area contributed by atoms with Gasteiger partial charge in [-0.15, -0.1) is 0 Å². The highest BCUT2D eigenvalue weighted by atomic mass is 16.5. The number of pyridine rings is 1. The quantitative estimate of drug-likeness (QED) is 0.765. The van der Waals surface area contributed by atoms with Crippen LogP contribution in [0.4, 0.5) is 5.69 Å². The lowest BCUT2D eigenvalue weighted by Crippen LogP contribution is -2.12. The van der Waals surface area contributed by atoms with Gasteiger partial charge in [-0.3, -0.25) is 9.78 Å².